The Morgan fingerprint density at radius 1 is 1.09 bits per heavy atom. The SMILES string of the molecule is C=C(C)C(=O)OCOc1ccc2cc(-c3ccc(CCCCC)cc3C3CC3)c(=O)oc2c1. The third-order valence-electron chi connectivity index (χ3n) is 5.96. The molecule has 0 saturated heterocycles. The molecule has 1 aliphatic rings. The summed E-state index contributed by atoms with van der Waals surface area (Å²) >= 11 is 0. The fraction of sp³-hybridized carbons (Fsp3) is 0.357. The molecule has 4 rings (SSSR count). The number of benzene rings is 2. The number of rotatable bonds is 10. The Balaban J connectivity index is 1.58. The lowest BCUT2D eigenvalue weighted by atomic mass is 9.93. The molecule has 1 aliphatic carbocycles. The Hall–Kier alpha value is -3.34. The number of ether oxygens (including phenoxy) is 2. The van der Waals surface area contributed by atoms with Crippen molar-refractivity contribution >= 4 is 16.9 Å². The first-order valence-corrected chi connectivity index (χ1v) is 11.6. The smallest absolute Gasteiger partial charge is 0.344 e. The van der Waals surface area contributed by atoms with Crippen molar-refractivity contribution in [2.75, 3.05) is 6.79 Å². The first kappa shape index (κ1) is 22.8. The molecule has 5 nitrogen and oxygen atoms in total. The van der Waals surface area contributed by atoms with Gasteiger partial charge in [0.05, 0.1) is 5.56 Å². The highest BCUT2D eigenvalue weighted by molar-refractivity contribution is 5.87. The zero-order chi connectivity index (χ0) is 23.4. The van der Waals surface area contributed by atoms with E-state index in [1.54, 1.807) is 19.1 Å². The standard InChI is InChI=1S/C28H30O5/c1-4-5-6-7-19-8-13-23(24(14-19)20-9-10-20)25-15-21-11-12-22(16-26(21)33-28(25)30)31-17-32-27(29)18(2)3/h8,11-16,20H,2,4-7,9-10,17H2,1,3H3. The topological polar surface area (TPSA) is 65.7 Å². The van der Waals surface area contributed by atoms with E-state index in [9.17, 15) is 9.59 Å². The molecule has 0 bridgehead atoms. The van der Waals surface area contributed by atoms with Gasteiger partial charge in [-0.25, -0.2) is 9.59 Å². The van der Waals surface area contributed by atoms with Gasteiger partial charge in [0, 0.05) is 17.0 Å². The van der Waals surface area contributed by atoms with Gasteiger partial charge < -0.3 is 13.9 Å². The van der Waals surface area contributed by atoms with Crippen molar-refractivity contribution in [3.63, 3.8) is 0 Å². The molecular weight excluding hydrogens is 416 g/mol. The highest BCUT2D eigenvalue weighted by Gasteiger charge is 2.27. The number of unbranched alkanes of at least 4 members (excludes halogenated alkanes) is 2. The molecular formula is C28H30O5. The quantitative estimate of drug-likeness (QED) is 0.117. The first-order chi connectivity index (χ1) is 16.0. The van der Waals surface area contributed by atoms with Gasteiger partial charge in [-0.15, -0.1) is 0 Å². The van der Waals surface area contributed by atoms with Crippen molar-refractivity contribution in [1.82, 2.24) is 0 Å². The molecule has 0 amide bonds. The predicted octanol–water partition coefficient (Wildman–Crippen LogP) is 6.53. The van der Waals surface area contributed by atoms with Crippen LogP contribution in [0.15, 0.2) is 63.8 Å². The summed E-state index contributed by atoms with van der Waals surface area (Å²) in [6, 6.07) is 13.6. The summed E-state index contributed by atoms with van der Waals surface area (Å²) in [6.07, 6.45) is 7.04. The van der Waals surface area contributed by atoms with Crippen molar-refractivity contribution in [3.8, 4) is 16.9 Å². The van der Waals surface area contributed by atoms with E-state index in [0.717, 1.165) is 17.4 Å². The molecule has 1 fully saturated rings. The molecule has 0 unspecified atom stereocenters. The average molecular weight is 447 g/mol. The predicted molar refractivity (Wildman–Crippen MR) is 130 cm³/mol. The fourth-order valence-electron chi connectivity index (χ4n) is 3.97. The number of hydrogen-bond donors (Lipinski definition) is 0. The van der Waals surface area contributed by atoms with Gasteiger partial charge in [-0.2, -0.15) is 0 Å². The summed E-state index contributed by atoms with van der Waals surface area (Å²) in [6.45, 7) is 7.07. The molecule has 5 heteroatoms. The van der Waals surface area contributed by atoms with Crippen LogP contribution in [0.3, 0.4) is 0 Å². The van der Waals surface area contributed by atoms with Gasteiger partial charge in [0.25, 0.3) is 0 Å². The van der Waals surface area contributed by atoms with Gasteiger partial charge >= 0.3 is 11.6 Å². The van der Waals surface area contributed by atoms with Gasteiger partial charge in [-0.3, -0.25) is 0 Å². The van der Waals surface area contributed by atoms with E-state index in [0.29, 0.717) is 28.4 Å². The molecule has 172 valence electrons. The molecule has 0 atom stereocenters. The highest BCUT2D eigenvalue weighted by Crippen LogP contribution is 2.44. The Morgan fingerprint density at radius 2 is 1.91 bits per heavy atom. The normalized spacial score (nSPS) is 13.2. The third-order valence-corrected chi connectivity index (χ3v) is 5.96. The largest absolute Gasteiger partial charge is 0.457 e. The van der Waals surface area contributed by atoms with E-state index in [4.69, 9.17) is 13.9 Å². The molecule has 0 aliphatic heterocycles. The van der Waals surface area contributed by atoms with Gasteiger partial charge in [0.2, 0.25) is 6.79 Å². The van der Waals surface area contributed by atoms with Crippen molar-refractivity contribution in [3.05, 3.63) is 76.2 Å². The van der Waals surface area contributed by atoms with Crippen molar-refractivity contribution in [2.24, 2.45) is 0 Å². The Morgan fingerprint density at radius 3 is 2.64 bits per heavy atom. The number of carbonyl (C=O) groups excluding carboxylic acids is 1. The van der Waals surface area contributed by atoms with Gasteiger partial charge in [-0.05, 0) is 73.4 Å². The third kappa shape index (κ3) is 5.54. The molecule has 3 aromatic rings. The van der Waals surface area contributed by atoms with Crippen LogP contribution >= 0.6 is 0 Å². The fourth-order valence-corrected chi connectivity index (χ4v) is 3.97. The molecule has 1 heterocycles. The molecule has 2 aromatic carbocycles. The summed E-state index contributed by atoms with van der Waals surface area (Å²) in [5.41, 5.74) is 4.53. The van der Waals surface area contributed by atoms with Gasteiger partial charge in [-0.1, -0.05) is 44.5 Å². The van der Waals surface area contributed by atoms with Crippen LogP contribution < -0.4 is 10.4 Å². The minimum Gasteiger partial charge on any atom is -0.457 e. The second kappa shape index (κ2) is 10.1. The molecule has 0 radical (unpaired) electrons. The van der Waals surface area contributed by atoms with Crippen molar-refractivity contribution < 1.29 is 18.7 Å². The minimum atomic E-state index is -0.519. The maximum absolute atomic E-state index is 12.9. The van der Waals surface area contributed by atoms with Crippen molar-refractivity contribution in [2.45, 2.75) is 58.3 Å². The van der Waals surface area contributed by atoms with Crippen molar-refractivity contribution in [1.29, 1.82) is 0 Å². The molecule has 33 heavy (non-hydrogen) atoms. The maximum atomic E-state index is 12.9. The molecule has 0 N–H and O–H groups in total. The summed E-state index contributed by atoms with van der Waals surface area (Å²) in [5.74, 6) is 0.455. The van der Waals surface area contributed by atoms with Crippen LogP contribution in [0.5, 0.6) is 5.75 Å². The van der Waals surface area contributed by atoms with E-state index in [1.807, 2.05) is 12.1 Å². The second-order valence-corrected chi connectivity index (χ2v) is 8.77. The van der Waals surface area contributed by atoms with Gasteiger partial charge in [0.15, 0.2) is 0 Å². The zero-order valence-corrected chi connectivity index (χ0v) is 19.3. The van der Waals surface area contributed by atoms with E-state index in [1.165, 1.54) is 43.2 Å². The van der Waals surface area contributed by atoms with Crippen LogP contribution in [0, 0.1) is 0 Å². The highest BCUT2D eigenvalue weighted by atomic mass is 16.7. The zero-order valence-electron chi connectivity index (χ0n) is 19.3. The molecule has 1 aromatic heterocycles. The number of fused-ring (bicyclic) bond motifs is 1. The monoisotopic (exact) mass is 446 g/mol. The van der Waals surface area contributed by atoms with E-state index in [2.05, 4.69) is 31.7 Å². The van der Waals surface area contributed by atoms with Gasteiger partial charge in [0.1, 0.15) is 11.3 Å². The Labute approximate surface area is 194 Å². The summed E-state index contributed by atoms with van der Waals surface area (Å²) in [7, 11) is 0. The second-order valence-electron chi connectivity index (χ2n) is 8.77. The lowest BCUT2D eigenvalue weighted by molar-refractivity contribution is -0.145. The van der Waals surface area contributed by atoms with E-state index >= 15 is 0 Å². The summed E-state index contributed by atoms with van der Waals surface area (Å²) in [5, 5.41) is 0.810. The first-order valence-electron chi connectivity index (χ1n) is 11.6. The number of hydrogen-bond acceptors (Lipinski definition) is 5. The molecule has 1 saturated carbocycles. The van der Waals surface area contributed by atoms with E-state index < -0.39 is 5.97 Å². The Bertz CT molecular complexity index is 1230. The molecule has 0 spiro atoms. The number of esters is 1. The number of aryl methyl sites for hydroxylation is 1. The summed E-state index contributed by atoms with van der Waals surface area (Å²) in [4.78, 5) is 24.4. The lowest BCUT2D eigenvalue weighted by Crippen LogP contribution is -2.10. The number of carbonyl (C=O) groups is 1. The van der Waals surface area contributed by atoms with Crippen LogP contribution in [0.1, 0.15) is 63.0 Å². The van der Waals surface area contributed by atoms with Crippen LogP contribution in [0.25, 0.3) is 22.1 Å². The minimum absolute atomic E-state index is 0.241. The average Bonchev–Trinajstić information content (AvgIpc) is 3.64. The van der Waals surface area contributed by atoms with Crippen LogP contribution in [0.2, 0.25) is 0 Å². The van der Waals surface area contributed by atoms with Crippen LogP contribution in [-0.2, 0) is 16.0 Å². The lowest BCUT2D eigenvalue weighted by Gasteiger charge is -2.12. The van der Waals surface area contributed by atoms with E-state index in [-0.39, 0.29) is 12.4 Å². The van der Waals surface area contributed by atoms with Crippen LogP contribution in [-0.4, -0.2) is 12.8 Å². The van der Waals surface area contributed by atoms with Crippen LogP contribution in [0.4, 0.5) is 0 Å². The summed E-state index contributed by atoms with van der Waals surface area (Å²) < 4.78 is 16.1. The maximum Gasteiger partial charge on any atom is 0.344 e. The Kier molecular flexibility index (Phi) is 6.97.